The molecule has 2 fully saturated rings. The van der Waals surface area contributed by atoms with Gasteiger partial charge in [0.2, 0.25) is 11.8 Å². The first-order chi connectivity index (χ1) is 17.0. The highest BCUT2D eigenvalue weighted by molar-refractivity contribution is 5.84. The second kappa shape index (κ2) is 11.7. The van der Waals surface area contributed by atoms with E-state index in [0.717, 1.165) is 63.3 Å². The molecule has 2 atom stereocenters. The molecule has 35 heavy (non-hydrogen) atoms. The third-order valence-electron chi connectivity index (χ3n) is 7.55. The fraction of sp³-hybridized carbons (Fsp3) is 0.517. The van der Waals surface area contributed by atoms with Crippen molar-refractivity contribution in [1.29, 1.82) is 0 Å². The van der Waals surface area contributed by atoms with Gasteiger partial charge in [0.05, 0.1) is 12.5 Å². The molecule has 188 valence electrons. The van der Waals surface area contributed by atoms with E-state index in [4.69, 9.17) is 4.74 Å². The summed E-state index contributed by atoms with van der Waals surface area (Å²) >= 11 is 0. The van der Waals surface area contributed by atoms with Crippen LogP contribution in [0.15, 0.2) is 60.7 Å². The van der Waals surface area contributed by atoms with Crippen LogP contribution in [0.25, 0.3) is 0 Å². The fourth-order valence-electron chi connectivity index (χ4n) is 5.41. The molecule has 2 aliphatic rings. The number of para-hydroxylation sites is 1. The number of carbonyl (C=O) groups excluding carboxylic acids is 2. The van der Waals surface area contributed by atoms with E-state index in [1.165, 1.54) is 0 Å². The minimum Gasteiger partial charge on any atom is -0.493 e. The maximum atomic E-state index is 13.7. The van der Waals surface area contributed by atoms with Gasteiger partial charge >= 0.3 is 0 Å². The molecule has 4 rings (SSSR count). The van der Waals surface area contributed by atoms with E-state index in [2.05, 4.69) is 18.9 Å². The minimum atomic E-state index is -0.390. The number of hydrogen-bond donors (Lipinski definition) is 0. The van der Waals surface area contributed by atoms with E-state index < -0.39 is 0 Å². The van der Waals surface area contributed by atoms with E-state index in [-0.39, 0.29) is 23.1 Å². The topological polar surface area (TPSA) is 53.1 Å². The Hall–Kier alpha value is -2.86. The van der Waals surface area contributed by atoms with Gasteiger partial charge in [-0.15, -0.1) is 0 Å². The van der Waals surface area contributed by atoms with Crippen molar-refractivity contribution in [3.8, 4) is 5.75 Å². The number of ether oxygens (including phenoxy) is 1. The summed E-state index contributed by atoms with van der Waals surface area (Å²) < 4.78 is 6.24. The van der Waals surface area contributed by atoms with Gasteiger partial charge in [-0.05, 0) is 44.0 Å². The van der Waals surface area contributed by atoms with Crippen molar-refractivity contribution in [3.63, 3.8) is 0 Å². The maximum absolute atomic E-state index is 13.7. The summed E-state index contributed by atoms with van der Waals surface area (Å²) in [5.41, 5.74) is 0.671. The van der Waals surface area contributed by atoms with Crippen LogP contribution in [0.1, 0.15) is 44.1 Å². The van der Waals surface area contributed by atoms with Crippen LogP contribution in [0.3, 0.4) is 0 Å². The average Bonchev–Trinajstić information content (AvgIpc) is 2.90. The van der Waals surface area contributed by atoms with E-state index in [9.17, 15) is 9.59 Å². The van der Waals surface area contributed by atoms with Gasteiger partial charge in [0.1, 0.15) is 5.75 Å². The molecular formula is C29H39N3O3. The van der Waals surface area contributed by atoms with Crippen molar-refractivity contribution in [2.75, 3.05) is 52.9 Å². The number of nitrogens with zero attached hydrogens (tertiary/aromatic N) is 3. The third kappa shape index (κ3) is 6.43. The van der Waals surface area contributed by atoms with Crippen LogP contribution in [-0.2, 0) is 9.59 Å². The molecule has 0 unspecified atom stereocenters. The summed E-state index contributed by atoms with van der Waals surface area (Å²) in [4.78, 5) is 33.4. The van der Waals surface area contributed by atoms with Gasteiger partial charge in [0.15, 0.2) is 0 Å². The first kappa shape index (κ1) is 25.2. The summed E-state index contributed by atoms with van der Waals surface area (Å²) in [5, 5.41) is 0. The smallest absolute Gasteiger partial charge is 0.230 e. The predicted octanol–water partition coefficient (Wildman–Crippen LogP) is 4.03. The number of piperidine rings is 1. The number of piperazine rings is 1. The summed E-state index contributed by atoms with van der Waals surface area (Å²) in [6.07, 6.45) is 2.93. The van der Waals surface area contributed by atoms with E-state index in [1.54, 1.807) is 0 Å². The number of carbonyl (C=O) groups is 2. The van der Waals surface area contributed by atoms with E-state index in [1.807, 2.05) is 70.5 Å². The summed E-state index contributed by atoms with van der Waals surface area (Å²) in [7, 11) is 2.10. The van der Waals surface area contributed by atoms with Gasteiger partial charge in [-0.2, -0.15) is 0 Å². The zero-order valence-corrected chi connectivity index (χ0v) is 21.2. The van der Waals surface area contributed by atoms with Crippen molar-refractivity contribution in [2.45, 2.75) is 38.5 Å². The number of rotatable bonds is 8. The summed E-state index contributed by atoms with van der Waals surface area (Å²) in [6, 6.07) is 19.8. The largest absolute Gasteiger partial charge is 0.493 e. The van der Waals surface area contributed by atoms with Crippen LogP contribution < -0.4 is 4.74 Å². The molecule has 2 amide bonds. The maximum Gasteiger partial charge on any atom is 0.230 e. The van der Waals surface area contributed by atoms with Crippen molar-refractivity contribution >= 4 is 11.8 Å². The Labute approximate surface area is 209 Å². The lowest BCUT2D eigenvalue weighted by molar-refractivity contribution is -0.143. The van der Waals surface area contributed by atoms with Crippen LogP contribution >= 0.6 is 0 Å². The second-order valence-corrected chi connectivity index (χ2v) is 10.2. The number of likely N-dealkylation sites (N-methyl/N-ethyl adjacent to an activating group) is 1. The molecule has 0 N–H and O–H groups in total. The number of amides is 2. The van der Waals surface area contributed by atoms with E-state index >= 15 is 0 Å². The first-order valence-electron chi connectivity index (χ1n) is 13.0. The molecule has 0 spiro atoms. The van der Waals surface area contributed by atoms with Crippen molar-refractivity contribution in [3.05, 3.63) is 66.2 Å². The summed E-state index contributed by atoms with van der Waals surface area (Å²) in [6.45, 7) is 7.13. The Morgan fingerprint density at radius 1 is 0.914 bits per heavy atom. The Kier molecular flexibility index (Phi) is 8.45. The Balaban J connectivity index is 1.52. The van der Waals surface area contributed by atoms with Crippen molar-refractivity contribution in [2.24, 2.45) is 5.41 Å². The normalized spacial score (nSPS) is 22.0. The molecule has 0 radical (unpaired) electrons. The number of benzene rings is 2. The molecule has 2 aromatic carbocycles. The average molecular weight is 478 g/mol. The first-order valence-corrected chi connectivity index (χ1v) is 13.0. The quantitative estimate of drug-likeness (QED) is 0.576. The molecule has 6 nitrogen and oxygen atoms in total. The highest BCUT2D eigenvalue weighted by Crippen LogP contribution is 2.37. The SMILES string of the molecule is CC[C@@H](C(=O)N1CCC[C@@](COc2ccccc2)(CC(=O)N2CCN(C)CC2)C1)c1ccccc1. The molecule has 2 aliphatic heterocycles. The monoisotopic (exact) mass is 477 g/mol. The molecule has 0 bridgehead atoms. The molecular weight excluding hydrogens is 438 g/mol. The molecule has 0 saturated carbocycles. The standard InChI is InChI=1S/C29H39N3O3/c1-3-26(24-11-6-4-7-12-24)28(34)32-16-10-15-29(22-32,23-35-25-13-8-5-9-14-25)21-27(33)31-19-17-30(2)18-20-31/h4-9,11-14,26H,3,10,15-23H2,1-2H3/t26-,29-/m1/s1. The van der Waals surface area contributed by atoms with Crippen molar-refractivity contribution < 1.29 is 14.3 Å². The highest BCUT2D eigenvalue weighted by Gasteiger charge is 2.42. The molecule has 2 aromatic rings. The molecule has 0 aliphatic carbocycles. The van der Waals surface area contributed by atoms with Gasteiger partial charge in [-0.3, -0.25) is 9.59 Å². The molecule has 6 heteroatoms. The van der Waals surface area contributed by atoms with Crippen LogP contribution in [-0.4, -0.2) is 79.4 Å². The third-order valence-corrected chi connectivity index (χ3v) is 7.55. The van der Waals surface area contributed by atoms with Gasteiger partial charge in [-0.25, -0.2) is 0 Å². The van der Waals surface area contributed by atoms with Gasteiger partial charge in [-0.1, -0.05) is 55.5 Å². The van der Waals surface area contributed by atoms with Gasteiger partial charge in [0, 0.05) is 51.1 Å². The molecule has 2 heterocycles. The zero-order chi connectivity index (χ0) is 24.7. The zero-order valence-electron chi connectivity index (χ0n) is 21.2. The fourth-order valence-corrected chi connectivity index (χ4v) is 5.41. The van der Waals surface area contributed by atoms with Gasteiger partial charge in [0.25, 0.3) is 0 Å². The van der Waals surface area contributed by atoms with Crippen LogP contribution in [0.5, 0.6) is 5.75 Å². The molecule has 0 aromatic heterocycles. The Morgan fingerprint density at radius 2 is 1.57 bits per heavy atom. The van der Waals surface area contributed by atoms with Gasteiger partial charge < -0.3 is 19.4 Å². The predicted molar refractivity (Wildman–Crippen MR) is 138 cm³/mol. The highest BCUT2D eigenvalue weighted by atomic mass is 16.5. The lowest BCUT2D eigenvalue weighted by Gasteiger charge is -2.44. The minimum absolute atomic E-state index is 0.157. The summed E-state index contributed by atoms with van der Waals surface area (Å²) in [5.74, 6) is 0.988. The van der Waals surface area contributed by atoms with E-state index in [0.29, 0.717) is 19.6 Å². The number of likely N-dealkylation sites (tertiary alicyclic amines) is 1. The lowest BCUT2D eigenvalue weighted by atomic mass is 9.76. The molecule has 2 saturated heterocycles. The van der Waals surface area contributed by atoms with Crippen molar-refractivity contribution in [1.82, 2.24) is 14.7 Å². The Bertz CT molecular complexity index is 960. The second-order valence-electron chi connectivity index (χ2n) is 10.2. The van der Waals surface area contributed by atoms with Crippen LogP contribution in [0.4, 0.5) is 0 Å². The number of hydrogen-bond acceptors (Lipinski definition) is 4. The Morgan fingerprint density at radius 3 is 2.23 bits per heavy atom. The van der Waals surface area contributed by atoms with Crippen LogP contribution in [0, 0.1) is 5.41 Å². The van der Waals surface area contributed by atoms with Crippen LogP contribution in [0.2, 0.25) is 0 Å². The lowest BCUT2D eigenvalue weighted by Crippen LogP contribution is -2.53.